The minimum absolute atomic E-state index is 0.00241. The largest absolute Gasteiger partial charge is 0.371 e. The van der Waals surface area contributed by atoms with Gasteiger partial charge in [0.25, 0.3) is 0 Å². The van der Waals surface area contributed by atoms with Gasteiger partial charge in [0.1, 0.15) is 12.0 Å². The summed E-state index contributed by atoms with van der Waals surface area (Å²) in [7, 11) is 0. The number of pyridine rings is 1. The molecule has 1 amide bonds. The standard InChI is InChI=1S/C12H15ClN2O2/c13-8-11(16)15-10-2-1-7-17-12(10)9-3-5-14-6-4-9/h3-6,10,12H,1-2,7-8H2,(H,15,16)/t10-,12+/m1/s1. The molecule has 0 spiro atoms. The highest BCUT2D eigenvalue weighted by Crippen LogP contribution is 2.27. The van der Waals surface area contributed by atoms with Crippen LogP contribution in [0.15, 0.2) is 24.5 Å². The lowest BCUT2D eigenvalue weighted by molar-refractivity contribution is -0.121. The number of hydrogen-bond donors (Lipinski definition) is 1. The molecule has 1 fully saturated rings. The minimum atomic E-state index is -0.152. The van der Waals surface area contributed by atoms with Gasteiger partial charge in [0, 0.05) is 19.0 Å². The number of nitrogens with zero attached hydrogens (tertiary/aromatic N) is 1. The van der Waals surface area contributed by atoms with Gasteiger partial charge in [-0.1, -0.05) is 0 Å². The number of amides is 1. The Labute approximate surface area is 105 Å². The van der Waals surface area contributed by atoms with E-state index in [1.54, 1.807) is 12.4 Å². The third kappa shape index (κ3) is 3.17. The van der Waals surface area contributed by atoms with E-state index in [0.29, 0.717) is 0 Å². The molecule has 2 heterocycles. The molecule has 1 N–H and O–H groups in total. The van der Waals surface area contributed by atoms with Crippen LogP contribution in [-0.2, 0) is 9.53 Å². The van der Waals surface area contributed by atoms with Crippen LogP contribution in [0.4, 0.5) is 0 Å². The van der Waals surface area contributed by atoms with E-state index in [0.717, 1.165) is 25.0 Å². The van der Waals surface area contributed by atoms with E-state index in [4.69, 9.17) is 16.3 Å². The topological polar surface area (TPSA) is 51.2 Å². The lowest BCUT2D eigenvalue weighted by Crippen LogP contribution is -2.43. The van der Waals surface area contributed by atoms with Gasteiger partial charge in [0.05, 0.1) is 6.04 Å². The molecule has 0 aliphatic carbocycles. The minimum Gasteiger partial charge on any atom is -0.371 e. The van der Waals surface area contributed by atoms with Crippen molar-refractivity contribution >= 4 is 17.5 Å². The number of hydrogen-bond acceptors (Lipinski definition) is 3. The monoisotopic (exact) mass is 254 g/mol. The molecule has 0 saturated carbocycles. The van der Waals surface area contributed by atoms with Gasteiger partial charge >= 0.3 is 0 Å². The highest BCUT2D eigenvalue weighted by molar-refractivity contribution is 6.27. The molecule has 92 valence electrons. The summed E-state index contributed by atoms with van der Waals surface area (Å²) in [5.41, 5.74) is 1.04. The second-order valence-corrected chi connectivity index (χ2v) is 4.29. The van der Waals surface area contributed by atoms with Crippen LogP contribution in [0.5, 0.6) is 0 Å². The predicted octanol–water partition coefficient (Wildman–Crippen LogP) is 1.66. The second-order valence-electron chi connectivity index (χ2n) is 4.02. The Morgan fingerprint density at radius 2 is 2.29 bits per heavy atom. The predicted molar refractivity (Wildman–Crippen MR) is 64.8 cm³/mol. The molecule has 1 aliphatic rings. The number of nitrogens with one attached hydrogen (secondary N) is 1. The third-order valence-electron chi connectivity index (χ3n) is 2.82. The SMILES string of the molecule is O=C(CCl)N[C@@H]1CCCO[C@H]1c1ccncc1. The molecule has 0 radical (unpaired) electrons. The smallest absolute Gasteiger partial charge is 0.235 e. The fourth-order valence-electron chi connectivity index (χ4n) is 2.06. The first-order valence-corrected chi connectivity index (χ1v) is 6.21. The maximum atomic E-state index is 11.3. The first-order chi connectivity index (χ1) is 8.31. The molecule has 0 bridgehead atoms. The van der Waals surface area contributed by atoms with Gasteiger partial charge in [-0.15, -0.1) is 11.6 Å². The second kappa shape index (κ2) is 5.98. The number of carbonyl (C=O) groups excluding carboxylic acids is 1. The van der Waals surface area contributed by atoms with Crippen LogP contribution >= 0.6 is 11.6 Å². The maximum Gasteiger partial charge on any atom is 0.235 e. The number of halogens is 1. The Balaban J connectivity index is 2.09. The Bertz CT molecular complexity index is 372. The molecule has 4 nitrogen and oxygen atoms in total. The van der Waals surface area contributed by atoms with Gasteiger partial charge in [0.15, 0.2) is 0 Å². The molecule has 17 heavy (non-hydrogen) atoms. The van der Waals surface area contributed by atoms with Gasteiger partial charge in [-0.3, -0.25) is 9.78 Å². The molecule has 5 heteroatoms. The summed E-state index contributed by atoms with van der Waals surface area (Å²) in [4.78, 5) is 15.3. The number of aromatic nitrogens is 1. The van der Waals surface area contributed by atoms with Gasteiger partial charge < -0.3 is 10.1 Å². The van der Waals surface area contributed by atoms with Crippen LogP contribution in [0.1, 0.15) is 24.5 Å². The average molecular weight is 255 g/mol. The quantitative estimate of drug-likeness (QED) is 0.835. The normalized spacial score (nSPS) is 24.3. The van der Waals surface area contributed by atoms with Crippen LogP contribution in [-0.4, -0.2) is 29.4 Å². The average Bonchev–Trinajstić information content (AvgIpc) is 2.40. The van der Waals surface area contributed by atoms with E-state index < -0.39 is 0 Å². The summed E-state index contributed by atoms with van der Waals surface area (Å²) in [5, 5.41) is 2.90. The lowest BCUT2D eigenvalue weighted by Gasteiger charge is -2.32. The van der Waals surface area contributed by atoms with Crippen LogP contribution in [0.3, 0.4) is 0 Å². The molecule has 1 aromatic heterocycles. The highest BCUT2D eigenvalue weighted by Gasteiger charge is 2.28. The summed E-state index contributed by atoms with van der Waals surface area (Å²) >= 11 is 5.50. The van der Waals surface area contributed by atoms with Crippen molar-refractivity contribution in [2.75, 3.05) is 12.5 Å². The Hall–Kier alpha value is -1.13. The number of alkyl halides is 1. The summed E-state index contributed by atoms with van der Waals surface area (Å²) in [6.07, 6.45) is 5.23. The lowest BCUT2D eigenvalue weighted by atomic mass is 9.97. The van der Waals surface area contributed by atoms with E-state index in [1.165, 1.54) is 0 Å². The van der Waals surface area contributed by atoms with E-state index in [2.05, 4.69) is 10.3 Å². The van der Waals surface area contributed by atoms with Gasteiger partial charge in [0.2, 0.25) is 5.91 Å². The first kappa shape index (κ1) is 12.3. The van der Waals surface area contributed by atoms with Crippen LogP contribution < -0.4 is 5.32 Å². The highest BCUT2D eigenvalue weighted by atomic mass is 35.5. The molecule has 2 atom stereocenters. The Morgan fingerprint density at radius 3 is 3.00 bits per heavy atom. The third-order valence-corrected chi connectivity index (χ3v) is 3.07. The number of rotatable bonds is 3. The van der Waals surface area contributed by atoms with E-state index in [1.807, 2.05) is 12.1 Å². The van der Waals surface area contributed by atoms with Crippen LogP contribution in [0, 0.1) is 0 Å². The molecule has 0 unspecified atom stereocenters. The molecule has 0 aromatic carbocycles. The fourth-order valence-corrected chi connectivity index (χ4v) is 2.13. The molecule has 1 aliphatic heterocycles. The zero-order chi connectivity index (χ0) is 12.1. The molecular weight excluding hydrogens is 240 g/mol. The molecular formula is C12H15ClN2O2. The van der Waals surface area contributed by atoms with E-state index in [-0.39, 0.29) is 23.9 Å². The molecule has 1 aromatic rings. The van der Waals surface area contributed by atoms with Crippen molar-refractivity contribution in [2.45, 2.75) is 25.0 Å². The van der Waals surface area contributed by atoms with Crippen LogP contribution in [0.25, 0.3) is 0 Å². The first-order valence-electron chi connectivity index (χ1n) is 5.68. The van der Waals surface area contributed by atoms with Gasteiger partial charge in [-0.2, -0.15) is 0 Å². The molecule has 2 rings (SSSR count). The van der Waals surface area contributed by atoms with Crippen molar-refractivity contribution in [3.63, 3.8) is 0 Å². The van der Waals surface area contributed by atoms with Crippen molar-refractivity contribution in [3.8, 4) is 0 Å². The van der Waals surface area contributed by atoms with Crippen molar-refractivity contribution in [3.05, 3.63) is 30.1 Å². The zero-order valence-corrected chi connectivity index (χ0v) is 10.2. The van der Waals surface area contributed by atoms with E-state index >= 15 is 0 Å². The van der Waals surface area contributed by atoms with Gasteiger partial charge in [-0.25, -0.2) is 0 Å². The van der Waals surface area contributed by atoms with Crippen molar-refractivity contribution in [1.29, 1.82) is 0 Å². The zero-order valence-electron chi connectivity index (χ0n) is 9.43. The summed E-state index contributed by atoms with van der Waals surface area (Å²) in [5.74, 6) is -0.166. The van der Waals surface area contributed by atoms with Crippen molar-refractivity contribution in [2.24, 2.45) is 0 Å². The maximum absolute atomic E-state index is 11.3. The Kier molecular flexibility index (Phi) is 4.34. The number of ether oxygens (including phenoxy) is 1. The van der Waals surface area contributed by atoms with E-state index in [9.17, 15) is 4.79 Å². The van der Waals surface area contributed by atoms with Crippen molar-refractivity contribution < 1.29 is 9.53 Å². The summed E-state index contributed by atoms with van der Waals surface area (Å²) in [6, 6.07) is 3.82. The van der Waals surface area contributed by atoms with Gasteiger partial charge in [-0.05, 0) is 30.5 Å². The summed E-state index contributed by atoms with van der Waals surface area (Å²) in [6.45, 7) is 0.722. The van der Waals surface area contributed by atoms with Crippen molar-refractivity contribution in [1.82, 2.24) is 10.3 Å². The number of carbonyl (C=O) groups is 1. The fraction of sp³-hybridized carbons (Fsp3) is 0.500. The Morgan fingerprint density at radius 1 is 1.53 bits per heavy atom. The summed E-state index contributed by atoms with van der Waals surface area (Å²) < 4.78 is 5.74. The molecule has 1 saturated heterocycles. The van der Waals surface area contributed by atoms with Crippen LogP contribution in [0.2, 0.25) is 0 Å².